The number of ether oxygens (including phenoxy) is 3. The number of quaternary nitrogens is 1. The van der Waals surface area contributed by atoms with Crippen molar-refractivity contribution in [3.05, 3.63) is 23.8 Å². The first-order valence-electron chi connectivity index (χ1n) is 10.6. The first kappa shape index (κ1) is 21.4. The van der Waals surface area contributed by atoms with Crippen LogP contribution in [0.4, 0.5) is 0 Å². The molecule has 1 saturated heterocycles. The zero-order chi connectivity index (χ0) is 20.8. The third-order valence-corrected chi connectivity index (χ3v) is 5.75. The van der Waals surface area contributed by atoms with Crippen molar-refractivity contribution in [1.29, 1.82) is 0 Å². The van der Waals surface area contributed by atoms with Crippen molar-refractivity contribution in [1.82, 2.24) is 5.32 Å². The van der Waals surface area contributed by atoms with Gasteiger partial charge in [-0.3, -0.25) is 9.59 Å². The van der Waals surface area contributed by atoms with Crippen molar-refractivity contribution >= 4 is 11.9 Å². The van der Waals surface area contributed by atoms with Gasteiger partial charge in [0.15, 0.2) is 18.0 Å². The Morgan fingerprint density at radius 1 is 1.17 bits per heavy atom. The van der Waals surface area contributed by atoms with Gasteiger partial charge in [-0.1, -0.05) is 19.9 Å². The van der Waals surface area contributed by atoms with Crippen LogP contribution in [0.3, 0.4) is 0 Å². The molecule has 160 valence electrons. The standard InChI is InChI=1S/C22H32N2O5/c1-15(2)21(17-5-6-18-19(13-17)29-12-4-11-28-18)23-20(25)14-24-9-7-16(8-10-24)22(26)27-3/h5-6,13,15-16,21H,4,7-12,14H2,1-3H3,(H,23,25)/p+1/t21-/m1/s1. The van der Waals surface area contributed by atoms with E-state index in [0.717, 1.165) is 49.4 Å². The highest BCUT2D eigenvalue weighted by molar-refractivity contribution is 5.77. The smallest absolute Gasteiger partial charge is 0.309 e. The van der Waals surface area contributed by atoms with Gasteiger partial charge in [0.25, 0.3) is 5.91 Å². The highest BCUT2D eigenvalue weighted by Gasteiger charge is 2.30. The number of fused-ring (bicyclic) bond motifs is 1. The van der Waals surface area contributed by atoms with E-state index in [1.807, 2.05) is 18.2 Å². The summed E-state index contributed by atoms with van der Waals surface area (Å²) in [6.45, 7) is 7.53. The molecule has 1 aromatic rings. The normalized spacial score (nSPS) is 22.5. The number of carbonyl (C=O) groups is 2. The summed E-state index contributed by atoms with van der Waals surface area (Å²) in [6.07, 6.45) is 2.40. The molecule has 29 heavy (non-hydrogen) atoms. The maximum Gasteiger partial charge on any atom is 0.309 e. The van der Waals surface area contributed by atoms with Crippen molar-refractivity contribution in [3.8, 4) is 11.5 Å². The van der Waals surface area contributed by atoms with Gasteiger partial charge in [-0.15, -0.1) is 0 Å². The number of rotatable bonds is 6. The summed E-state index contributed by atoms with van der Waals surface area (Å²) in [5.74, 6) is 1.61. The summed E-state index contributed by atoms with van der Waals surface area (Å²) in [5, 5.41) is 3.20. The molecule has 7 nitrogen and oxygen atoms in total. The molecule has 1 atom stereocenters. The first-order valence-corrected chi connectivity index (χ1v) is 10.6. The van der Waals surface area contributed by atoms with Crippen LogP contribution in [-0.2, 0) is 14.3 Å². The highest BCUT2D eigenvalue weighted by Crippen LogP contribution is 2.34. The monoisotopic (exact) mass is 405 g/mol. The first-order chi connectivity index (χ1) is 14.0. The molecule has 2 N–H and O–H groups in total. The van der Waals surface area contributed by atoms with Gasteiger partial charge >= 0.3 is 5.97 Å². The van der Waals surface area contributed by atoms with E-state index in [1.54, 1.807) is 0 Å². The van der Waals surface area contributed by atoms with Crippen molar-refractivity contribution in [2.24, 2.45) is 11.8 Å². The Balaban J connectivity index is 1.59. The molecule has 0 radical (unpaired) electrons. The number of benzene rings is 1. The zero-order valence-electron chi connectivity index (χ0n) is 17.7. The molecule has 1 amide bonds. The quantitative estimate of drug-likeness (QED) is 0.694. The molecule has 1 aromatic carbocycles. The van der Waals surface area contributed by atoms with E-state index in [4.69, 9.17) is 14.2 Å². The SMILES string of the molecule is COC(=O)C1CC[NH+](CC(=O)N[C@@H](c2ccc3c(c2)OCCCO3)C(C)C)CC1. The molecular formula is C22H33N2O5+. The van der Waals surface area contributed by atoms with E-state index in [1.165, 1.54) is 12.0 Å². The molecule has 7 heteroatoms. The Morgan fingerprint density at radius 2 is 1.86 bits per heavy atom. The Kier molecular flexibility index (Phi) is 7.36. The van der Waals surface area contributed by atoms with Crippen LogP contribution in [0.15, 0.2) is 18.2 Å². The van der Waals surface area contributed by atoms with E-state index in [-0.39, 0.29) is 29.8 Å². The van der Waals surface area contributed by atoms with Gasteiger partial charge < -0.3 is 24.4 Å². The van der Waals surface area contributed by atoms with Crippen LogP contribution in [0.5, 0.6) is 11.5 Å². The van der Waals surface area contributed by atoms with Crippen molar-refractivity contribution < 1.29 is 28.7 Å². The maximum atomic E-state index is 12.7. The van der Waals surface area contributed by atoms with Crippen LogP contribution in [-0.4, -0.2) is 51.8 Å². The average Bonchev–Trinajstić information content (AvgIpc) is 2.96. The van der Waals surface area contributed by atoms with E-state index >= 15 is 0 Å². The number of carbonyl (C=O) groups excluding carboxylic acids is 2. The summed E-state index contributed by atoms with van der Waals surface area (Å²) in [4.78, 5) is 25.6. The van der Waals surface area contributed by atoms with Crippen molar-refractivity contribution in [2.75, 3.05) is 40.0 Å². The summed E-state index contributed by atoms with van der Waals surface area (Å²) < 4.78 is 16.3. The van der Waals surface area contributed by atoms with Gasteiger partial charge in [0, 0.05) is 19.3 Å². The second kappa shape index (κ2) is 9.96. The van der Waals surface area contributed by atoms with Crippen LogP contribution < -0.4 is 19.7 Å². The second-order valence-corrected chi connectivity index (χ2v) is 8.27. The van der Waals surface area contributed by atoms with E-state index in [0.29, 0.717) is 19.8 Å². The number of nitrogens with one attached hydrogen (secondary N) is 2. The molecule has 0 aliphatic carbocycles. The molecule has 0 spiro atoms. The Hall–Kier alpha value is -2.28. The molecule has 2 aliphatic heterocycles. The lowest BCUT2D eigenvalue weighted by atomic mass is 9.95. The minimum absolute atomic E-state index is 0.0299. The van der Waals surface area contributed by atoms with Crippen LogP contribution in [0.25, 0.3) is 0 Å². The summed E-state index contributed by atoms with van der Waals surface area (Å²) in [7, 11) is 1.43. The van der Waals surface area contributed by atoms with E-state index in [2.05, 4.69) is 19.2 Å². The Labute approximate surface area is 172 Å². The molecule has 2 heterocycles. The van der Waals surface area contributed by atoms with Gasteiger partial charge in [0.05, 0.1) is 45.4 Å². The van der Waals surface area contributed by atoms with Crippen LogP contribution in [0.2, 0.25) is 0 Å². The third kappa shape index (κ3) is 5.63. The fraction of sp³-hybridized carbons (Fsp3) is 0.636. The molecule has 0 saturated carbocycles. The largest absolute Gasteiger partial charge is 0.490 e. The maximum absolute atomic E-state index is 12.7. The predicted octanol–water partition coefficient (Wildman–Crippen LogP) is 1.13. The summed E-state index contributed by atoms with van der Waals surface area (Å²) in [5.41, 5.74) is 1.02. The lowest BCUT2D eigenvalue weighted by Gasteiger charge is -2.29. The number of methoxy groups -OCH3 is 1. The molecule has 2 aliphatic rings. The highest BCUT2D eigenvalue weighted by atomic mass is 16.5. The molecule has 3 rings (SSSR count). The number of piperidine rings is 1. The van der Waals surface area contributed by atoms with Gasteiger partial charge in [-0.25, -0.2) is 0 Å². The molecule has 0 aromatic heterocycles. The van der Waals surface area contributed by atoms with Gasteiger partial charge in [0.2, 0.25) is 0 Å². The lowest BCUT2D eigenvalue weighted by molar-refractivity contribution is -0.897. The van der Waals surface area contributed by atoms with Crippen LogP contribution in [0.1, 0.15) is 44.7 Å². The topological polar surface area (TPSA) is 78.3 Å². The molecular weight excluding hydrogens is 372 g/mol. The Bertz CT molecular complexity index is 713. The fourth-order valence-electron chi connectivity index (χ4n) is 4.06. The minimum Gasteiger partial charge on any atom is -0.490 e. The molecule has 0 bridgehead atoms. The number of esters is 1. The predicted molar refractivity (Wildman–Crippen MR) is 108 cm³/mol. The van der Waals surface area contributed by atoms with E-state index in [9.17, 15) is 9.59 Å². The van der Waals surface area contributed by atoms with E-state index < -0.39 is 0 Å². The number of likely N-dealkylation sites (tertiary alicyclic amines) is 1. The van der Waals surface area contributed by atoms with Crippen LogP contribution in [0, 0.1) is 11.8 Å². The molecule has 1 fully saturated rings. The number of amides is 1. The number of hydrogen-bond donors (Lipinski definition) is 2. The van der Waals surface area contributed by atoms with Gasteiger partial charge in [0.1, 0.15) is 0 Å². The summed E-state index contributed by atoms with van der Waals surface area (Å²) in [6, 6.07) is 5.83. The minimum atomic E-state index is -0.136. The lowest BCUT2D eigenvalue weighted by Crippen LogP contribution is -3.14. The fourth-order valence-corrected chi connectivity index (χ4v) is 4.06. The Morgan fingerprint density at radius 3 is 2.52 bits per heavy atom. The van der Waals surface area contributed by atoms with Crippen molar-refractivity contribution in [3.63, 3.8) is 0 Å². The van der Waals surface area contributed by atoms with Gasteiger partial charge in [-0.05, 0) is 23.6 Å². The number of hydrogen-bond acceptors (Lipinski definition) is 5. The third-order valence-electron chi connectivity index (χ3n) is 5.75. The average molecular weight is 406 g/mol. The second-order valence-electron chi connectivity index (χ2n) is 8.27. The van der Waals surface area contributed by atoms with Crippen LogP contribution >= 0.6 is 0 Å². The molecule has 0 unspecified atom stereocenters. The van der Waals surface area contributed by atoms with Gasteiger partial charge in [-0.2, -0.15) is 0 Å². The van der Waals surface area contributed by atoms with Crippen molar-refractivity contribution in [2.45, 2.75) is 39.2 Å². The zero-order valence-corrected chi connectivity index (χ0v) is 17.7. The summed E-state index contributed by atoms with van der Waals surface area (Å²) >= 11 is 0.